The molecule has 6 heteroatoms. The molecule has 0 saturated carbocycles. The average Bonchev–Trinajstić information content (AvgIpc) is 3.24. The van der Waals surface area contributed by atoms with Crippen molar-refractivity contribution in [3.05, 3.63) is 48.6 Å². The quantitative estimate of drug-likeness (QED) is 0.0263. The fourth-order valence-electron chi connectivity index (χ4n) is 7.26. The molecule has 0 aliphatic carbocycles. The second-order valence-electron chi connectivity index (χ2n) is 17.1. The van der Waals surface area contributed by atoms with Gasteiger partial charge in [-0.25, -0.2) is 0 Å². The molecule has 0 saturated heterocycles. The summed E-state index contributed by atoms with van der Waals surface area (Å²) >= 11 is 0. The first-order valence-electron chi connectivity index (χ1n) is 25.6. The van der Waals surface area contributed by atoms with E-state index in [4.69, 9.17) is 14.2 Å². The van der Waals surface area contributed by atoms with Crippen LogP contribution in [0, 0.1) is 0 Å². The van der Waals surface area contributed by atoms with Gasteiger partial charge >= 0.3 is 17.9 Å². The summed E-state index contributed by atoms with van der Waals surface area (Å²) in [7, 11) is 0. The summed E-state index contributed by atoms with van der Waals surface area (Å²) in [6.07, 6.45) is 58.0. The zero-order valence-electron chi connectivity index (χ0n) is 39.7. The molecule has 0 amide bonds. The van der Waals surface area contributed by atoms with Crippen LogP contribution in [0.1, 0.15) is 258 Å². The second kappa shape index (κ2) is 49.0. The van der Waals surface area contributed by atoms with Crippen molar-refractivity contribution in [2.45, 2.75) is 264 Å². The van der Waals surface area contributed by atoms with Gasteiger partial charge in [-0.1, -0.05) is 230 Å². The Bertz CT molecular complexity index is 1060. The highest BCUT2D eigenvalue weighted by atomic mass is 16.6. The minimum Gasteiger partial charge on any atom is -0.462 e. The number of hydrogen-bond donors (Lipinski definition) is 0. The van der Waals surface area contributed by atoms with Gasteiger partial charge in [-0.15, -0.1) is 0 Å². The SMILES string of the molecule is CC/C=C\C/C=C\C/C=C\C/C=C\CCCCCCCCC(=O)OCC(COC(=O)CCCCCCCCCCCCC)OC(=O)CCCCCCCCCCCCCC. The van der Waals surface area contributed by atoms with Crippen molar-refractivity contribution in [1.29, 1.82) is 0 Å². The van der Waals surface area contributed by atoms with Gasteiger partial charge in [0.2, 0.25) is 0 Å². The summed E-state index contributed by atoms with van der Waals surface area (Å²) in [5, 5.41) is 0. The van der Waals surface area contributed by atoms with Crippen LogP contribution >= 0.6 is 0 Å². The first kappa shape index (κ1) is 57.4. The van der Waals surface area contributed by atoms with Gasteiger partial charge in [0.05, 0.1) is 0 Å². The Balaban J connectivity index is 4.34. The molecule has 0 aliphatic heterocycles. The molecule has 0 aliphatic rings. The van der Waals surface area contributed by atoms with Gasteiger partial charge in [0.25, 0.3) is 0 Å². The lowest BCUT2D eigenvalue weighted by Crippen LogP contribution is -2.30. The normalized spacial score (nSPS) is 12.4. The van der Waals surface area contributed by atoms with Crippen molar-refractivity contribution in [3.63, 3.8) is 0 Å². The van der Waals surface area contributed by atoms with Gasteiger partial charge in [-0.2, -0.15) is 0 Å². The van der Waals surface area contributed by atoms with Crippen molar-refractivity contribution < 1.29 is 28.6 Å². The number of carbonyl (C=O) groups is 3. The molecule has 0 fully saturated rings. The Labute approximate surface area is 371 Å². The predicted molar refractivity (Wildman–Crippen MR) is 256 cm³/mol. The molecule has 0 rings (SSSR count). The maximum absolute atomic E-state index is 12.8. The lowest BCUT2D eigenvalue weighted by atomic mass is 10.0. The number of unbranched alkanes of at least 4 members (excludes halogenated alkanes) is 27. The van der Waals surface area contributed by atoms with E-state index in [1.807, 2.05) is 0 Å². The topological polar surface area (TPSA) is 78.9 Å². The Morgan fingerprint density at radius 2 is 0.650 bits per heavy atom. The smallest absolute Gasteiger partial charge is 0.306 e. The number of allylic oxidation sites excluding steroid dienone is 8. The molecule has 1 atom stereocenters. The molecule has 348 valence electrons. The van der Waals surface area contributed by atoms with Crippen molar-refractivity contribution in [2.75, 3.05) is 13.2 Å². The van der Waals surface area contributed by atoms with Crippen molar-refractivity contribution in [1.82, 2.24) is 0 Å². The van der Waals surface area contributed by atoms with Crippen LogP contribution in [0.3, 0.4) is 0 Å². The lowest BCUT2D eigenvalue weighted by Gasteiger charge is -2.18. The average molecular weight is 841 g/mol. The maximum Gasteiger partial charge on any atom is 0.306 e. The highest BCUT2D eigenvalue weighted by Gasteiger charge is 2.19. The van der Waals surface area contributed by atoms with Crippen LogP contribution in [0.4, 0.5) is 0 Å². The molecular formula is C54H96O6. The van der Waals surface area contributed by atoms with Crippen molar-refractivity contribution in [3.8, 4) is 0 Å². The summed E-state index contributed by atoms with van der Waals surface area (Å²) in [4.78, 5) is 37.9. The Kier molecular flexibility index (Phi) is 46.9. The van der Waals surface area contributed by atoms with E-state index < -0.39 is 6.10 Å². The van der Waals surface area contributed by atoms with Crippen LogP contribution in [-0.2, 0) is 28.6 Å². The zero-order chi connectivity index (χ0) is 43.7. The molecular weight excluding hydrogens is 745 g/mol. The minimum atomic E-state index is -0.773. The second-order valence-corrected chi connectivity index (χ2v) is 17.1. The highest BCUT2D eigenvalue weighted by molar-refractivity contribution is 5.71. The van der Waals surface area contributed by atoms with Gasteiger partial charge in [0.1, 0.15) is 13.2 Å². The van der Waals surface area contributed by atoms with Crippen LogP contribution in [0.5, 0.6) is 0 Å². The largest absolute Gasteiger partial charge is 0.462 e. The molecule has 1 unspecified atom stereocenters. The minimum absolute atomic E-state index is 0.0742. The molecule has 6 nitrogen and oxygen atoms in total. The van der Waals surface area contributed by atoms with E-state index in [9.17, 15) is 14.4 Å². The zero-order valence-corrected chi connectivity index (χ0v) is 39.7. The first-order valence-corrected chi connectivity index (χ1v) is 25.6. The lowest BCUT2D eigenvalue weighted by molar-refractivity contribution is -0.167. The molecule has 60 heavy (non-hydrogen) atoms. The van der Waals surface area contributed by atoms with Crippen molar-refractivity contribution in [2.24, 2.45) is 0 Å². The highest BCUT2D eigenvalue weighted by Crippen LogP contribution is 2.15. The van der Waals surface area contributed by atoms with Crippen LogP contribution in [-0.4, -0.2) is 37.2 Å². The Hall–Kier alpha value is -2.63. The standard InChI is InChI=1S/C54H96O6/c1-4-7-10-13-16-19-22-24-25-26-27-28-29-30-33-35-38-41-44-47-53(56)59-50-51(49-58-52(55)46-43-40-37-34-31-21-18-15-12-9-6-3)60-54(57)48-45-42-39-36-32-23-20-17-14-11-8-5-2/h7,10,16,19,24-25,27-28,51H,4-6,8-9,11-15,17-18,20-23,26,29-50H2,1-3H3/b10-7-,19-16-,25-24-,28-27-. The van der Waals surface area contributed by atoms with Crippen LogP contribution in [0.25, 0.3) is 0 Å². The molecule has 0 N–H and O–H groups in total. The van der Waals surface area contributed by atoms with E-state index in [0.29, 0.717) is 19.3 Å². The summed E-state index contributed by atoms with van der Waals surface area (Å²) < 4.78 is 16.8. The number of carbonyl (C=O) groups excluding carboxylic acids is 3. The monoisotopic (exact) mass is 841 g/mol. The van der Waals surface area contributed by atoms with Crippen LogP contribution < -0.4 is 0 Å². The molecule has 0 spiro atoms. The summed E-state index contributed by atoms with van der Waals surface area (Å²) in [5.74, 6) is -0.882. The van der Waals surface area contributed by atoms with Gasteiger partial charge in [0.15, 0.2) is 6.10 Å². The molecule has 0 aromatic rings. The van der Waals surface area contributed by atoms with E-state index in [-0.39, 0.29) is 31.1 Å². The van der Waals surface area contributed by atoms with E-state index >= 15 is 0 Å². The van der Waals surface area contributed by atoms with E-state index in [0.717, 1.165) is 89.9 Å². The summed E-state index contributed by atoms with van der Waals surface area (Å²) in [6.45, 7) is 6.52. The van der Waals surface area contributed by atoms with Gasteiger partial charge < -0.3 is 14.2 Å². The van der Waals surface area contributed by atoms with Gasteiger partial charge in [-0.05, 0) is 57.8 Å². The molecule has 0 aromatic carbocycles. The van der Waals surface area contributed by atoms with Crippen LogP contribution in [0.2, 0.25) is 0 Å². The van der Waals surface area contributed by atoms with Crippen LogP contribution in [0.15, 0.2) is 48.6 Å². The Morgan fingerprint density at radius 3 is 1.02 bits per heavy atom. The first-order chi connectivity index (χ1) is 29.5. The van der Waals surface area contributed by atoms with E-state index in [1.54, 1.807) is 0 Å². The number of rotatable bonds is 46. The Morgan fingerprint density at radius 1 is 0.350 bits per heavy atom. The molecule has 0 aromatic heterocycles. The number of esters is 3. The van der Waals surface area contributed by atoms with Gasteiger partial charge in [-0.3, -0.25) is 14.4 Å². The number of ether oxygens (including phenoxy) is 3. The van der Waals surface area contributed by atoms with E-state index in [2.05, 4.69) is 69.4 Å². The fraction of sp³-hybridized carbons (Fsp3) is 0.796. The third-order valence-electron chi connectivity index (χ3n) is 11.1. The molecule has 0 bridgehead atoms. The third-order valence-corrected chi connectivity index (χ3v) is 11.1. The maximum atomic E-state index is 12.8. The third kappa shape index (κ3) is 46.4. The summed E-state index contributed by atoms with van der Waals surface area (Å²) in [5.41, 5.74) is 0. The predicted octanol–water partition coefficient (Wildman–Crippen LogP) is 16.7. The molecule has 0 radical (unpaired) electrons. The fourth-order valence-corrected chi connectivity index (χ4v) is 7.26. The van der Waals surface area contributed by atoms with Crippen molar-refractivity contribution >= 4 is 17.9 Å². The van der Waals surface area contributed by atoms with E-state index in [1.165, 1.54) is 128 Å². The summed E-state index contributed by atoms with van der Waals surface area (Å²) in [6, 6.07) is 0. The number of hydrogen-bond acceptors (Lipinski definition) is 6. The van der Waals surface area contributed by atoms with Gasteiger partial charge in [0, 0.05) is 19.3 Å². The molecule has 0 heterocycles.